The van der Waals surface area contributed by atoms with Crippen LogP contribution in [0.25, 0.3) is 0 Å². The van der Waals surface area contributed by atoms with Crippen molar-refractivity contribution in [1.82, 2.24) is 15.4 Å². The molecule has 0 aliphatic carbocycles. The van der Waals surface area contributed by atoms with Crippen LogP contribution in [0.5, 0.6) is 0 Å². The fraction of sp³-hybridized carbons (Fsp3) is 0.615. The number of carbonyl (C=O) groups excluding carboxylic acids is 2. The van der Waals surface area contributed by atoms with E-state index in [1.54, 1.807) is 11.0 Å². The zero-order valence-corrected chi connectivity index (χ0v) is 11.4. The first-order valence-electron chi connectivity index (χ1n) is 6.54. The van der Waals surface area contributed by atoms with E-state index in [1.807, 2.05) is 20.8 Å². The van der Waals surface area contributed by atoms with Crippen LogP contribution < -0.4 is 5.32 Å². The van der Waals surface area contributed by atoms with Crippen LogP contribution >= 0.6 is 0 Å². The molecule has 1 saturated heterocycles. The van der Waals surface area contributed by atoms with Crippen molar-refractivity contribution >= 4 is 11.8 Å². The largest absolute Gasteiger partial charge is 0.364 e. The SMILES string of the molecule is CCC1NC(=O)C(C(C)C)N(Cc2ccon2)C1=O. The van der Waals surface area contributed by atoms with Gasteiger partial charge in [0.05, 0.1) is 6.54 Å². The van der Waals surface area contributed by atoms with E-state index in [0.29, 0.717) is 18.7 Å². The lowest BCUT2D eigenvalue weighted by molar-refractivity contribution is -0.152. The van der Waals surface area contributed by atoms with Gasteiger partial charge in [0, 0.05) is 6.07 Å². The first-order chi connectivity index (χ1) is 9.04. The second-order valence-corrected chi connectivity index (χ2v) is 5.12. The van der Waals surface area contributed by atoms with Crippen molar-refractivity contribution in [3.05, 3.63) is 18.0 Å². The molecule has 2 heterocycles. The molecule has 2 amide bonds. The van der Waals surface area contributed by atoms with Crippen molar-refractivity contribution in [1.29, 1.82) is 0 Å². The predicted octanol–water partition coefficient (Wildman–Crippen LogP) is 0.936. The molecular weight excluding hydrogens is 246 g/mol. The summed E-state index contributed by atoms with van der Waals surface area (Å²) >= 11 is 0. The van der Waals surface area contributed by atoms with Gasteiger partial charge in [0.25, 0.3) is 0 Å². The lowest BCUT2D eigenvalue weighted by atomic mass is 9.96. The molecule has 0 bridgehead atoms. The molecule has 2 unspecified atom stereocenters. The van der Waals surface area contributed by atoms with Crippen molar-refractivity contribution in [3.8, 4) is 0 Å². The maximum absolute atomic E-state index is 12.4. The number of hydrogen-bond acceptors (Lipinski definition) is 4. The predicted molar refractivity (Wildman–Crippen MR) is 67.9 cm³/mol. The van der Waals surface area contributed by atoms with Crippen molar-refractivity contribution in [2.75, 3.05) is 0 Å². The van der Waals surface area contributed by atoms with Crippen LogP contribution in [0.2, 0.25) is 0 Å². The molecule has 0 spiro atoms. The smallest absolute Gasteiger partial charge is 0.246 e. The van der Waals surface area contributed by atoms with Crippen molar-refractivity contribution in [2.45, 2.75) is 45.8 Å². The second kappa shape index (κ2) is 5.42. The molecule has 1 aromatic rings. The molecule has 1 N–H and O–H groups in total. The number of hydrogen-bond donors (Lipinski definition) is 1. The zero-order chi connectivity index (χ0) is 14.0. The van der Waals surface area contributed by atoms with Crippen LogP contribution in [-0.4, -0.2) is 34.0 Å². The van der Waals surface area contributed by atoms with E-state index in [2.05, 4.69) is 10.5 Å². The Bertz CT molecular complexity index is 456. The van der Waals surface area contributed by atoms with Gasteiger partial charge in [0.15, 0.2) is 0 Å². The third-order valence-electron chi connectivity index (χ3n) is 3.37. The van der Waals surface area contributed by atoms with Crippen LogP contribution in [0.1, 0.15) is 32.9 Å². The lowest BCUT2D eigenvalue weighted by Crippen LogP contribution is -2.64. The van der Waals surface area contributed by atoms with Crippen LogP contribution in [0, 0.1) is 5.92 Å². The Kier molecular flexibility index (Phi) is 3.87. The summed E-state index contributed by atoms with van der Waals surface area (Å²) in [5, 5.41) is 6.60. The highest BCUT2D eigenvalue weighted by molar-refractivity contribution is 5.97. The van der Waals surface area contributed by atoms with Gasteiger partial charge in [-0.1, -0.05) is 25.9 Å². The normalized spacial score (nSPS) is 23.9. The molecular formula is C13H19N3O3. The van der Waals surface area contributed by atoms with E-state index < -0.39 is 12.1 Å². The van der Waals surface area contributed by atoms with Gasteiger partial charge in [-0.25, -0.2) is 0 Å². The fourth-order valence-electron chi connectivity index (χ4n) is 2.41. The minimum Gasteiger partial charge on any atom is -0.364 e. The van der Waals surface area contributed by atoms with Crippen LogP contribution in [0.15, 0.2) is 16.9 Å². The Labute approximate surface area is 112 Å². The standard InChI is InChI=1S/C13H19N3O3/c1-4-10-13(18)16(7-9-5-6-19-15-9)11(8(2)3)12(17)14-10/h5-6,8,10-11H,4,7H2,1-3H3,(H,14,17). The van der Waals surface area contributed by atoms with E-state index in [1.165, 1.54) is 6.26 Å². The van der Waals surface area contributed by atoms with Crippen LogP contribution in [-0.2, 0) is 16.1 Å². The Hall–Kier alpha value is -1.85. The minimum absolute atomic E-state index is 0.0497. The third-order valence-corrected chi connectivity index (χ3v) is 3.37. The highest BCUT2D eigenvalue weighted by Gasteiger charge is 2.41. The van der Waals surface area contributed by atoms with Gasteiger partial charge >= 0.3 is 0 Å². The summed E-state index contributed by atoms with van der Waals surface area (Å²) in [5.41, 5.74) is 0.656. The quantitative estimate of drug-likeness (QED) is 0.879. The molecule has 1 aromatic heterocycles. The highest BCUT2D eigenvalue weighted by Crippen LogP contribution is 2.20. The number of carbonyl (C=O) groups is 2. The van der Waals surface area contributed by atoms with E-state index in [0.717, 1.165) is 0 Å². The molecule has 1 aliphatic rings. The van der Waals surface area contributed by atoms with Gasteiger partial charge < -0.3 is 14.7 Å². The lowest BCUT2D eigenvalue weighted by Gasteiger charge is -2.40. The van der Waals surface area contributed by atoms with Crippen LogP contribution in [0.4, 0.5) is 0 Å². The number of nitrogens with one attached hydrogen (secondary N) is 1. The molecule has 19 heavy (non-hydrogen) atoms. The number of amides is 2. The summed E-state index contributed by atoms with van der Waals surface area (Å²) in [7, 11) is 0. The summed E-state index contributed by atoms with van der Waals surface area (Å²) in [6, 6.07) is 0.819. The molecule has 2 rings (SSSR count). The molecule has 2 atom stereocenters. The van der Waals surface area contributed by atoms with Crippen molar-refractivity contribution < 1.29 is 14.1 Å². The van der Waals surface area contributed by atoms with Gasteiger partial charge in [0.2, 0.25) is 11.8 Å². The van der Waals surface area contributed by atoms with Crippen LogP contribution in [0.3, 0.4) is 0 Å². The third kappa shape index (κ3) is 2.62. The average molecular weight is 265 g/mol. The Morgan fingerprint density at radius 2 is 2.21 bits per heavy atom. The van der Waals surface area contributed by atoms with Gasteiger partial charge in [-0.2, -0.15) is 0 Å². The van der Waals surface area contributed by atoms with Gasteiger partial charge in [0.1, 0.15) is 24.0 Å². The Morgan fingerprint density at radius 1 is 1.47 bits per heavy atom. The molecule has 0 radical (unpaired) electrons. The highest BCUT2D eigenvalue weighted by atomic mass is 16.5. The number of nitrogens with zero attached hydrogens (tertiary/aromatic N) is 2. The first kappa shape index (κ1) is 13.6. The maximum atomic E-state index is 12.4. The van der Waals surface area contributed by atoms with Crippen molar-refractivity contribution in [3.63, 3.8) is 0 Å². The summed E-state index contributed by atoms with van der Waals surface area (Å²) < 4.78 is 4.78. The van der Waals surface area contributed by atoms with E-state index in [4.69, 9.17) is 4.52 Å². The molecule has 6 heteroatoms. The summed E-state index contributed by atoms with van der Waals surface area (Å²) in [4.78, 5) is 26.1. The van der Waals surface area contributed by atoms with Gasteiger partial charge in [-0.3, -0.25) is 9.59 Å². The topological polar surface area (TPSA) is 75.4 Å². The average Bonchev–Trinajstić information content (AvgIpc) is 2.85. The summed E-state index contributed by atoms with van der Waals surface area (Å²) in [5.74, 6) is -0.0950. The van der Waals surface area contributed by atoms with E-state index in [-0.39, 0.29) is 17.7 Å². The molecule has 6 nitrogen and oxygen atoms in total. The number of aromatic nitrogens is 1. The number of rotatable bonds is 4. The molecule has 104 valence electrons. The Balaban J connectivity index is 2.26. The maximum Gasteiger partial charge on any atom is 0.246 e. The molecule has 1 aliphatic heterocycles. The second-order valence-electron chi connectivity index (χ2n) is 5.12. The fourth-order valence-corrected chi connectivity index (χ4v) is 2.41. The first-order valence-corrected chi connectivity index (χ1v) is 6.54. The number of piperazine rings is 1. The monoisotopic (exact) mass is 265 g/mol. The van der Waals surface area contributed by atoms with Crippen molar-refractivity contribution in [2.24, 2.45) is 5.92 Å². The van der Waals surface area contributed by atoms with E-state index in [9.17, 15) is 9.59 Å². The Morgan fingerprint density at radius 3 is 2.74 bits per heavy atom. The minimum atomic E-state index is -0.452. The summed E-state index contributed by atoms with van der Waals surface area (Å²) in [6.45, 7) is 6.05. The van der Waals surface area contributed by atoms with E-state index >= 15 is 0 Å². The molecule has 0 saturated carbocycles. The van der Waals surface area contributed by atoms with Gasteiger partial charge in [-0.15, -0.1) is 0 Å². The molecule has 0 aromatic carbocycles. The zero-order valence-electron chi connectivity index (χ0n) is 11.4. The molecule has 1 fully saturated rings. The summed E-state index contributed by atoms with van der Waals surface area (Å²) in [6.07, 6.45) is 2.05. The van der Waals surface area contributed by atoms with Gasteiger partial charge in [-0.05, 0) is 12.3 Å².